The lowest BCUT2D eigenvalue weighted by molar-refractivity contribution is 0.532. The third-order valence-electron chi connectivity index (χ3n) is 4.26. The van der Waals surface area contributed by atoms with Gasteiger partial charge in [0.05, 0.1) is 6.20 Å². The Morgan fingerprint density at radius 3 is 2.05 bits per heavy atom. The first-order valence-corrected chi connectivity index (χ1v) is 8.82. The number of rotatable bonds is 8. The summed E-state index contributed by atoms with van der Waals surface area (Å²) in [4.78, 5) is 0. The average molecular weight is 298 g/mol. The highest BCUT2D eigenvalue weighted by Gasteiger charge is 2.13. The first-order valence-electron chi connectivity index (χ1n) is 8.82. The van der Waals surface area contributed by atoms with Gasteiger partial charge < -0.3 is 0 Å². The largest absolute Gasteiger partial charge is 0.270 e. The van der Waals surface area contributed by atoms with Gasteiger partial charge in [-0.15, -0.1) is 0 Å². The van der Waals surface area contributed by atoms with Gasteiger partial charge in [-0.2, -0.15) is 5.10 Å². The molecule has 1 aromatic carbocycles. The van der Waals surface area contributed by atoms with Gasteiger partial charge in [0.2, 0.25) is 0 Å². The fourth-order valence-electron chi connectivity index (χ4n) is 2.92. The maximum atomic E-state index is 4.55. The molecule has 1 aromatic heterocycles. The van der Waals surface area contributed by atoms with E-state index in [9.17, 15) is 0 Å². The Hall–Kier alpha value is -1.57. The van der Waals surface area contributed by atoms with Gasteiger partial charge in [-0.25, -0.2) is 0 Å². The van der Waals surface area contributed by atoms with Crippen molar-refractivity contribution in [3.8, 4) is 11.1 Å². The molecule has 2 rings (SSSR count). The van der Waals surface area contributed by atoms with Crippen LogP contribution in [-0.2, 0) is 12.8 Å². The van der Waals surface area contributed by atoms with Crippen LogP contribution < -0.4 is 0 Å². The van der Waals surface area contributed by atoms with Gasteiger partial charge in [0.15, 0.2) is 0 Å². The molecule has 0 saturated carbocycles. The van der Waals surface area contributed by atoms with E-state index in [1.807, 2.05) is 6.20 Å². The minimum Gasteiger partial charge on any atom is -0.270 e. The lowest BCUT2D eigenvalue weighted by atomic mass is 9.91. The average Bonchev–Trinajstić information content (AvgIpc) is 3.00. The molecule has 0 atom stereocenters. The molecule has 0 bridgehead atoms. The predicted octanol–water partition coefficient (Wildman–Crippen LogP) is 5.82. The standard InChI is InChI=1S/C20H30N2/c1-5-7-10-17-12-9-13-18(11-8-6-2)20(17)19-14-21-22(15-19)16(3)4/h9,12-16H,5-8,10-11H2,1-4H3. The molecule has 2 aromatic rings. The minimum atomic E-state index is 0.413. The summed E-state index contributed by atoms with van der Waals surface area (Å²) in [7, 11) is 0. The van der Waals surface area contributed by atoms with E-state index in [-0.39, 0.29) is 0 Å². The maximum Gasteiger partial charge on any atom is 0.0568 e. The van der Waals surface area contributed by atoms with Gasteiger partial charge in [-0.3, -0.25) is 4.68 Å². The highest BCUT2D eigenvalue weighted by atomic mass is 15.3. The van der Waals surface area contributed by atoms with Crippen molar-refractivity contribution in [1.82, 2.24) is 9.78 Å². The van der Waals surface area contributed by atoms with Crippen molar-refractivity contribution in [3.63, 3.8) is 0 Å². The van der Waals surface area contributed by atoms with Crippen molar-refractivity contribution >= 4 is 0 Å². The molecule has 2 heteroatoms. The normalized spacial score (nSPS) is 11.3. The Kier molecular flexibility index (Phi) is 6.23. The molecular formula is C20H30N2. The van der Waals surface area contributed by atoms with Gasteiger partial charge in [-0.1, -0.05) is 44.9 Å². The second-order valence-corrected chi connectivity index (χ2v) is 6.46. The molecule has 22 heavy (non-hydrogen) atoms. The molecule has 2 nitrogen and oxygen atoms in total. The van der Waals surface area contributed by atoms with E-state index in [0.29, 0.717) is 6.04 Å². The third-order valence-corrected chi connectivity index (χ3v) is 4.26. The van der Waals surface area contributed by atoms with E-state index in [1.54, 1.807) is 0 Å². The van der Waals surface area contributed by atoms with Gasteiger partial charge in [0.25, 0.3) is 0 Å². The summed E-state index contributed by atoms with van der Waals surface area (Å²) in [6, 6.07) is 7.24. The lowest BCUT2D eigenvalue weighted by Crippen LogP contribution is -2.00. The molecule has 0 aliphatic heterocycles. The zero-order valence-corrected chi connectivity index (χ0v) is 14.6. The molecule has 120 valence electrons. The summed E-state index contributed by atoms with van der Waals surface area (Å²) < 4.78 is 2.07. The van der Waals surface area contributed by atoms with Gasteiger partial charge in [0, 0.05) is 17.8 Å². The van der Waals surface area contributed by atoms with E-state index in [4.69, 9.17) is 0 Å². The number of unbranched alkanes of at least 4 members (excludes halogenated alkanes) is 2. The van der Waals surface area contributed by atoms with E-state index in [1.165, 1.54) is 60.8 Å². The number of aryl methyl sites for hydroxylation is 2. The zero-order valence-electron chi connectivity index (χ0n) is 14.6. The first kappa shape index (κ1) is 16.8. The quantitative estimate of drug-likeness (QED) is 0.600. The third kappa shape index (κ3) is 4.00. The minimum absolute atomic E-state index is 0.413. The molecule has 0 aliphatic carbocycles. The number of nitrogens with zero attached hydrogens (tertiary/aromatic N) is 2. The highest BCUT2D eigenvalue weighted by Crippen LogP contribution is 2.30. The summed E-state index contributed by atoms with van der Waals surface area (Å²) in [6.45, 7) is 8.88. The summed E-state index contributed by atoms with van der Waals surface area (Å²) in [6.07, 6.45) is 11.6. The molecule has 0 aliphatic rings. The Balaban J connectivity index is 2.42. The van der Waals surface area contributed by atoms with Crippen molar-refractivity contribution in [2.24, 2.45) is 0 Å². The van der Waals surface area contributed by atoms with Crippen LogP contribution >= 0.6 is 0 Å². The summed E-state index contributed by atoms with van der Waals surface area (Å²) >= 11 is 0. The van der Waals surface area contributed by atoms with Gasteiger partial charge >= 0.3 is 0 Å². The van der Waals surface area contributed by atoms with Crippen LogP contribution in [0.2, 0.25) is 0 Å². The predicted molar refractivity (Wildman–Crippen MR) is 95.3 cm³/mol. The van der Waals surface area contributed by atoms with Crippen molar-refractivity contribution < 1.29 is 0 Å². The Morgan fingerprint density at radius 1 is 1.00 bits per heavy atom. The van der Waals surface area contributed by atoms with Crippen molar-refractivity contribution in [1.29, 1.82) is 0 Å². The highest BCUT2D eigenvalue weighted by molar-refractivity contribution is 5.70. The monoisotopic (exact) mass is 298 g/mol. The molecule has 0 amide bonds. The van der Waals surface area contributed by atoms with Crippen LogP contribution in [-0.4, -0.2) is 9.78 Å². The number of hydrogen-bond donors (Lipinski definition) is 0. The summed E-state index contributed by atoms with van der Waals surface area (Å²) in [5.41, 5.74) is 5.69. The maximum absolute atomic E-state index is 4.55. The smallest absolute Gasteiger partial charge is 0.0568 e. The molecule has 1 heterocycles. The van der Waals surface area contributed by atoms with Crippen molar-refractivity contribution in [3.05, 3.63) is 41.7 Å². The van der Waals surface area contributed by atoms with Gasteiger partial charge in [0.1, 0.15) is 0 Å². The zero-order chi connectivity index (χ0) is 15.9. The molecule has 0 radical (unpaired) electrons. The fraction of sp³-hybridized carbons (Fsp3) is 0.550. The van der Waals surface area contributed by atoms with Crippen LogP contribution in [0, 0.1) is 0 Å². The molecule has 0 N–H and O–H groups in total. The van der Waals surface area contributed by atoms with Crippen molar-refractivity contribution in [2.75, 3.05) is 0 Å². The van der Waals surface area contributed by atoms with Gasteiger partial charge in [-0.05, 0) is 56.2 Å². The Morgan fingerprint density at radius 2 is 1.59 bits per heavy atom. The van der Waals surface area contributed by atoms with Crippen LogP contribution in [0.3, 0.4) is 0 Å². The summed E-state index contributed by atoms with van der Waals surface area (Å²) in [5, 5.41) is 4.55. The SMILES string of the molecule is CCCCc1cccc(CCCC)c1-c1cnn(C(C)C)c1. The Bertz CT molecular complexity index is 555. The molecule has 0 unspecified atom stereocenters. The number of aromatic nitrogens is 2. The second-order valence-electron chi connectivity index (χ2n) is 6.46. The molecular weight excluding hydrogens is 268 g/mol. The van der Waals surface area contributed by atoms with E-state index in [0.717, 1.165) is 0 Å². The molecule has 0 fully saturated rings. The van der Waals surface area contributed by atoms with E-state index < -0.39 is 0 Å². The van der Waals surface area contributed by atoms with Crippen LogP contribution in [0.5, 0.6) is 0 Å². The molecule has 0 saturated heterocycles. The fourth-order valence-corrected chi connectivity index (χ4v) is 2.92. The first-order chi connectivity index (χ1) is 10.7. The topological polar surface area (TPSA) is 17.8 Å². The number of hydrogen-bond acceptors (Lipinski definition) is 1. The molecule has 0 spiro atoms. The second kappa shape index (κ2) is 8.17. The van der Waals surface area contributed by atoms with E-state index in [2.05, 4.69) is 61.9 Å². The van der Waals surface area contributed by atoms with Crippen LogP contribution in [0.4, 0.5) is 0 Å². The number of benzene rings is 1. The lowest BCUT2D eigenvalue weighted by Gasteiger charge is -2.14. The summed E-state index contributed by atoms with van der Waals surface area (Å²) in [5.74, 6) is 0. The van der Waals surface area contributed by atoms with Crippen molar-refractivity contribution in [2.45, 2.75) is 72.3 Å². The van der Waals surface area contributed by atoms with E-state index >= 15 is 0 Å². The Labute approximate surface area is 135 Å². The van der Waals surface area contributed by atoms with Crippen LogP contribution in [0.25, 0.3) is 11.1 Å². The van der Waals surface area contributed by atoms with Crippen LogP contribution in [0.15, 0.2) is 30.6 Å². The van der Waals surface area contributed by atoms with Crippen LogP contribution in [0.1, 0.15) is 70.5 Å².